The van der Waals surface area contributed by atoms with Crippen LogP contribution in [0.1, 0.15) is 12.8 Å². The Labute approximate surface area is 153 Å². The third kappa shape index (κ3) is 4.08. The summed E-state index contributed by atoms with van der Waals surface area (Å²) in [5.74, 6) is 0. The molecule has 2 aliphatic rings. The molecule has 25 heavy (non-hydrogen) atoms. The summed E-state index contributed by atoms with van der Waals surface area (Å²) in [6.07, 6.45) is 0.833. The molecule has 1 N–H and O–H groups in total. The van der Waals surface area contributed by atoms with E-state index in [4.69, 9.17) is 11.6 Å². The van der Waals surface area contributed by atoms with E-state index in [1.807, 2.05) is 7.05 Å². The standard InChI is InChI=1S/C16H23ClN4O3S/c1-19-9-11-20(12-10-19)16(22)18-15-3-2-8-21(15)25(23,24)14-6-4-13(17)5-7-14/h4-7,15H,2-3,8-12H2,1H3,(H,18,22)/t15-/m0/s1. The van der Waals surface area contributed by atoms with Gasteiger partial charge in [-0.25, -0.2) is 13.2 Å². The number of urea groups is 1. The predicted octanol–water partition coefficient (Wildman–Crippen LogP) is 1.41. The molecular formula is C16H23ClN4O3S. The van der Waals surface area contributed by atoms with Gasteiger partial charge >= 0.3 is 6.03 Å². The lowest BCUT2D eigenvalue weighted by molar-refractivity contribution is 0.147. The van der Waals surface area contributed by atoms with Crippen LogP contribution >= 0.6 is 11.6 Å². The van der Waals surface area contributed by atoms with Crippen LogP contribution < -0.4 is 5.32 Å². The Morgan fingerprint density at radius 2 is 1.76 bits per heavy atom. The van der Waals surface area contributed by atoms with Crippen molar-refractivity contribution in [2.75, 3.05) is 39.8 Å². The molecule has 3 rings (SSSR count). The molecule has 0 aromatic heterocycles. The molecule has 2 heterocycles. The smallest absolute Gasteiger partial charge is 0.318 e. The Balaban J connectivity index is 1.69. The van der Waals surface area contributed by atoms with Crippen molar-refractivity contribution < 1.29 is 13.2 Å². The zero-order chi connectivity index (χ0) is 18.0. The maximum atomic E-state index is 12.9. The average molecular weight is 387 g/mol. The fraction of sp³-hybridized carbons (Fsp3) is 0.562. The molecule has 2 saturated heterocycles. The third-order valence-corrected chi connectivity index (χ3v) is 6.88. The molecular weight excluding hydrogens is 364 g/mol. The highest BCUT2D eigenvalue weighted by Crippen LogP contribution is 2.25. The number of hydrogen-bond donors (Lipinski definition) is 1. The Morgan fingerprint density at radius 3 is 2.40 bits per heavy atom. The Morgan fingerprint density at radius 1 is 1.12 bits per heavy atom. The Hall–Kier alpha value is -1.35. The van der Waals surface area contributed by atoms with Crippen molar-refractivity contribution in [2.45, 2.75) is 23.9 Å². The van der Waals surface area contributed by atoms with Gasteiger partial charge in [-0.1, -0.05) is 11.6 Å². The number of piperazine rings is 1. The second kappa shape index (κ2) is 7.49. The van der Waals surface area contributed by atoms with Gasteiger partial charge in [-0.05, 0) is 44.2 Å². The molecule has 1 atom stereocenters. The van der Waals surface area contributed by atoms with Crippen molar-refractivity contribution in [1.82, 2.24) is 19.4 Å². The van der Waals surface area contributed by atoms with Crippen LogP contribution in [-0.4, -0.2) is 74.5 Å². The second-order valence-electron chi connectivity index (χ2n) is 6.47. The van der Waals surface area contributed by atoms with Crippen LogP contribution in [0.5, 0.6) is 0 Å². The number of nitrogens with zero attached hydrogens (tertiary/aromatic N) is 3. The second-order valence-corrected chi connectivity index (χ2v) is 8.79. The van der Waals surface area contributed by atoms with Gasteiger partial charge in [-0.3, -0.25) is 0 Å². The minimum absolute atomic E-state index is 0.192. The summed E-state index contributed by atoms with van der Waals surface area (Å²) in [6.45, 7) is 3.35. The van der Waals surface area contributed by atoms with Crippen molar-refractivity contribution in [3.05, 3.63) is 29.3 Å². The molecule has 0 aliphatic carbocycles. The summed E-state index contributed by atoms with van der Waals surface area (Å²) in [5.41, 5.74) is 0. The van der Waals surface area contributed by atoms with Crippen molar-refractivity contribution in [1.29, 1.82) is 0 Å². The number of hydrogen-bond acceptors (Lipinski definition) is 4. The van der Waals surface area contributed by atoms with Crippen molar-refractivity contribution in [3.8, 4) is 0 Å². The molecule has 7 nitrogen and oxygen atoms in total. The molecule has 0 unspecified atom stereocenters. The maximum Gasteiger partial charge on any atom is 0.318 e. The van der Waals surface area contributed by atoms with Crippen LogP contribution in [0.3, 0.4) is 0 Å². The molecule has 0 radical (unpaired) electrons. The summed E-state index contributed by atoms with van der Waals surface area (Å²) in [4.78, 5) is 16.6. The first kappa shape index (κ1) is 18.4. The van der Waals surface area contributed by atoms with E-state index in [9.17, 15) is 13.2 Å². The summed E-state index contributed by atoms with van der Waals surface area (Å²) in [6, 6.07) is 5.91. The molecule has 0 saturated carbocycles. The normalized spacial score (nSPS) is 23.0. The fourth-order valence-electron chi connectivity index (χ4n) is 3.16. The lowest BCUT2D eigenvalue weighted by Gasteiger charge is -2.34. The Bertz CT molecular complexity index is 717. The van der Waals surface area contributed by atoms with E-state index in [2.05, 4.69) is 10.2 Å². The highest BCUT2D eigenvalue weighted by Gasteiger charge is 2.37. The van der Waals surface area contributed by atoms with Gasteiger partial charge in [0.25, 0.3) is 0 Å². The van der Waals surface area contributed by atoms with Gasteiger partial charge in [-0.15, -0.1) is 0 Å². The molecule has 1 aromatic rings. The minimum atomic E-state index is -3.66. The first-order valence-corrected chi connectivity index (χ1v) is 10.2. The number of likely N-dealkylation sites (N-methyl/N-ethyl adjacent to an activating group) is 1. The first-order chi connectivity index (χ1) is 11.9. The number of nitrogens with one attached hydrogen (secondary N) is 1. The van der Waals surface area contributed by atoms with E-state index >= 15 is 0 Å². The number of rotatable bonds is 3. The molecule has 9 heteroatoms. The van der Waals surface area contributed by atoms with Gasteiger partial charge in [-0.2, -0.15) is 4.31 Å². The number of halogens is 1. The summed E-state index contributed by atoms with van der Waals surface area (Å²) < 4.78 is 27.1. The van der Waals surface area contributed by atoms with E-state index < -0.39 is 16.2 Å². The van der Waals surface area contributed by atoms with Crippen molar-refractivity contribution in [2.24, 2.45) is 0 Å². The van der Waals surface area contributed by atoms with Gasteiger partial charge in [0.2, 0.25) is 10.0 Å². The van der Waals surface area contributed by atoms with Gasteiger partial charge < -0.3 is 15.1 Å². The van der Waals surface area contributed by atoms with Crippen molar-refractivity contribution >= 4 is 27.7 Å². The molecule has 0 bridgehead atoms. The highest BCUT2D eigenvalue weighted by molar-refractivity contribution is 7.89. The first-order valence-electron chi connectivity index (χ1n) is 8.39. The summed E-state index contributed by atoms with van der Waals surface area (Å²) in [5, 5.41) is 3.38. The molecule has 0 spiro atoms. The van der Waals surface area contributed by atoms with Crippen LogP contribution in [0, 0.1) is 0 Å². The molecule has 2 amide bonds. The largest absolute Gasteiger partial charge is 0.322 e. The van der Waals surface area contributed by atoms with Gasteiger partial charge in [0, 0.05) is 37.7 Å². The van der Waals surface area contributed by atoms with E-state index in [1.165, 1.54) is 16.4 Å². The lowest BCUT2D eigenvalue weighted by Crippen LogP contribution is -2.55. The topological polar surface area (TPSA) is 73.0 Å². The van der Waals surface area contributed by atoms with Crippen molar-refractivity contribution in [3.63, 3.8) is 0 Å². The van der Waals surface area contributed by atoms with Crippen LogP contribution in [-0.2, 0) is 10.0 Å². The number of sulfonamides is 1. The number of benzene rings is 1. The summed E-state index contributed by atoms with van der Waals surface area (Å²) in [7, 11) is -1.64. The fourth-order valence-corrected chi connectivity index (χ4v) is 4.90. The van der Waals surface area contributed by atoms with Gasteiger partial charge in [0.05, 0.1) is 11.1 Å². The molecule has 2 fully saturated rings. The SMILES string of the molecule is CN1CCN(C(=O)N[C@@H]2CCCN2S(=O)(=O)c2ccc(Cl)cc2)CC1. The summed E-state index contributed by atoms with van der Waals surface area (Å²) >= 11 is 5.84. The average Bonchev–Trinajstić information content (AvgIpc) is 3.05. The van der Waals surface area contributed by atoms with E-state index in [0.29, 0.717) is 31.1 Å². The predicted molar refractivity (Wildman–Crippen MR) is 96.0 cm³/mol. The number of carbonyl (C=O) groups is 1. The van der Waals surface area contributed by atoms with Crippen LogP contribution in [0.2, 0.25) is 5.02 Å². The molecule has 1 aromatic carbocycles. The van der Waals surface area contributed by atoms with Crippen LogP contribution in [0.25, 0.3) is 0 Å². The van der Waals surface area contributed by atoms with Crippen LogP contribution in [0.4, 0.5) is 4.79 Å². The van der Waals surface area contributed by atoms with E-state index in [1.54, 1.807) is 17.0 Å². The lowest BCUT2D eigenvalue weighted by atomic mass is 10.3. The minimum Gasteiger partial charge on any atom is -0.322 e. The number of amides is 2. The zero-order valence-corrected chi connectivity index (χ0v) is 15.8. The monoisotopic (exact) mass is 386 g/mol. The van der Waals surface area contributed by atoms with Crippen LogP contribution in [0.15, 0.2) is 29.2 Å². The number of carbonyl (C=O) groups excluding carboxylic acids is 1. The van der Waals surface area contributed by atoms with Gasteiger partial charge in [0.1, 0.15) is 0 Å². The third-order valence-electron chi connectivity index (χ3n) is 4.70. The Kier molecular flexibility index (Phi) is 5.52. The molecule has 138 valence electrons. The van der Waals surface area contributed by atoms with E-state index in [0.717, 1.165) is 19.5 Å². The van der Waals surface area contributed by atoms with Gasteiger partial charge in [0.15, 0.2) is 0 Å². The zero-order valence-electron chi connectivity index (χ0n) is 14.2. The molecule has 2 aliphatic heterocycles. The maximum absolute atomic E-state index is 12.9. The quantitative estimate of drug-likeness (QED) is 0.852. The highest BCUT2D eigenvalue weighted by atomic mass is 35.5. The van der Waals surface area contributed by atoms with E-state index in [-0.39, 0.29) is 10.9 Å².